The van der Waals surface area contributed by atoms with Crippen molar-refractivity contribution in [1.82, 2.24) is 14.8 Å². The van der Waals surface area contributed by atoms with Crippen LogP contribution < -0.4 is 0 Å². The van der Waals surface area contributed by atoms with E-state index in [-0.39, 0.29) is 5.82 Å². The van der Waals surface area contributed by atoms with Gasteiger partial charge in [0.1, 0.15) is 11.5 Å². The highest BCUT2D eigenvalue weighted by molar-refractivity contribution is 5.85. The van der Waals surface area contributed by atoms with Crippen LogP contribution >= 0.6 is 0 Å². The standard InChI is InChI=1S/C20H18FN3O/c1-2-5-19-22-23-20(25-19)18-12-15-6-3-4-7-17(15)24(18)13-14-8-10-16(21)11-9-14/h3-4,6-12H,2,5,13H2,1H3. The second kappa shape index (κ2) is 6.51. The van der Waals surface area contributed by atoms with Crippen LogP contribution in [-0.4, -0.2) is 14.8 Å². The van der Waals surface area contributed by atoms with Gasteiger partial charge < -0.3 is 8.98 Å². The molecule has 0 N–H and O–H groups in total. The van der Waals surface area contributed by atoms with E-state index in [9.17, 15) is 4.39 Å². The van der Waals surface area contributed by atoms with Crippen LogP contribution in [0.15, 0.2) is 59.0 Å². The fraction of sp³-hybridized carbons (Fsp3) is 0.200. The third kappa shape index (κ3) is 3.05. The molecule has 0 spiro atoms. The summed E-state index contributed by atoms with van der Waals surface area (Å²) in [6.45, 7) is 2.68. The van der Waals surface area contributed by atoms with Crippen molar-refractivity contribution in [3.05, 3.63) is 71.9 Å². The van der Waals surface area contributed by atoms with Crippen LogP contribution in [0, 0.1) is 5.82 Å². The number of rotatable bonds is 5. The minimum absolute atomic E-state index is 0.234. The summed E-state index contributed by atoms with van der Waals surface area (Å²) in [5, 5.41) is 9.46. The molecule has 4 nitrogen and oxygen atoms in total. The summed E-state index contributed by atoms with van der Waals surface area (Å²) in [7, 11) is 0. The molecule has 0 amide bonds. The molecule has 0 fully saturated rings. The van der Waals surface area contributed by atoms with Crippen LogP contribution in [0.3, 0.4) is 0 Å². The van der Waals surface area contributed by atoms with Gasteiger partial charge in [0.15, 0.2) is 0 Å². The van der Waals surface area contributed by atoms with Gasteiger partial charge in [-0.15, -0.1) is 10.2 Å². The second-order valence-electron chi connectivity index (χ2n) is 6.05. The number of aryl methyl sites for hydroxylation is 1. The highest BCUT2D eigenvalue weighted by Crippen LogP contribution is 2.28. The van der Waals surface area contributed by atoms with Gasteiger partial charge in [0.2, 0.25) is 5.89 Å². The van der Waals surface area contributed by atoms with Gasteiger partial charge in [-0.25, -0.2) is 4.39 Å². The summed E-state index contributed by atoms with van der Waals surface area (Å²) in [4.78, 5) is 0. The van der Waals surface area contributed by atoms with Gasteiger partial charge in [0.05, 0.1) is 0 Å². The third-order valence-corrected chi connectivity index (χ3v) is 4.21. The molecule has 4 rings (SSSR count). The van der Waals surface area contributed by atoms with Crippen molar-refractivity contribution >= 4 is 10.9 Å². The molecule has 0 radical (unpaired) electrons. The van der Waals surface area contributed by atoms with Crippen LogP contribution in [0.5, 0.6) is 0 Å². The number of halogens is 1. The van der Waals surface area contributed by atoms with E-state index in [2.05, 4.69) is 39.9 Å². The Bertz CT molecular complexity index is 1000. The summed E-state index contributed by atoms with van der Waals surface area (Å²) in [6.07, 6.45) is 1.73. The highest BCUT2D eigenvalue weighted by Gasteiger charge is 2.16. The number of benzene rings is 2. The predicted molar refractivity (Wildman–Crippen MR) is 94.7 cm³/mol. The lowest BCUT2D eigenvalue weighted by molar-refractivity contribution is 0.498. The van der Waals surface area contributed by atoms with Gasteiger partial charge >= 0.3 is 0 Å². The zero-order valence-corrected chi connectivity index (χ0v) is 13.9. The summed E-state index contributed by atoms with van der Waals surface area (Å²) in [5.74, 6) is 0.931. The SMILES string of the molecule is CCCc1nnc(-c2cc3ccccc3n2Cc2ccc(F)cc2)o1. The van der Waals surface area contributed by atoms with Crippen LogP contribution in [-0.2, 0) is 13.0 Å². The van der Waals surface area contributed by atoms with Crippen LogP contribution in [0.2, 0.25) is 0 Å². The number of hydrogen-bond acceptors (Lipinski definition) is 3. The molecule has 0 saturated carbocycles. The molecule has 25 heavy (non-hydrogen) atoms. The molecule has 0 saturated heterocycles. The third-order valence-electron chi connectivity index (χ3n) is 4.21. The zero-order chi connectivity index (χ0) is 17.2. The van der Waals surface area contributed by atoms with E-state index in [1.165, 1.54) is 12.1 Å². The van der Waals surface area contributed by atoms with Gasteiger partial charge in [-0.1, -0.05) is 37.3 Å². The first-order valence-electron chi connectivity index (χ1n) is 8.40. The average molecular weight is 335 g/mol. The van der Waals surface area contributed by atoms with E-state index in [0.29, 0.717) is 18.3 Å². The zero-order valence-electron chi connectivity index (χ0n) is 13.9. The lowest BCUT2D eigenvalue weighted by Crippen LogP contribution is -2.02. The molecule has 4 aromatic rings. The summed E-state index contributed by atoms with van der Waals surface area (Å²) in [5.41, 5.74) is 2.97. The largest absolute Gasteiger partial charge is 0.419 e. The summed E-state index contributed by atoms with van der Waals surface area (Å²) >= 11 is 0. The number of fused-ring (bicyclic) bond motifs is 1. The predicted octanol–water partition coefficient (Wildman–Crippen LogP) is 4.83. The fourth-order valence-electron chi connectivity index (χ4n) is 3.00. The molecule has 0 atom stereocenters. The van der Waals surface area contributed by atoms with E-state index in [0.717, 1.165) is 35.0 Å². The Morgan fingerprint density at radius 2 is 1.84 bits per heavy atom. The Hall–Kier alpha value is -2.95. The number of para-hydroxylation sites is 1. The van der Waals surface area contributed by atoms with E-state index in [1.54, 1.807) is 12.1 Å². The minimum Gasteiger partial charge on any atom is -0.419 e. The summed E-state index contributed by atoms with van der Waals surface area (Å²) < 4.78 is 21.2. The molecular formula is C20H18FN3O. The van der Waals surface area contributed by atoms with Crippen LogP contribution in [0.4, 0.5) is 4.39 Å². The van der Waals surface area contributed by atoms with E-state index in [1.807, 2.05) is 12.1 Å². The molecule has 0 aliphatic carbocycles. The molecule has 0 bridgehead atoms. The monoisotopic (exact) mass is 335 g/mol. The van der Waals surface area contributed by atoms with Crippen molar-refractivity contribution in [1.29, 1.82) is 0 Å². The van der Waals surface area contributed by atoms with Gasteiger partial charge in [-0.3, -0.25) is 0 Å². The van der Waals surface area contributed by atoms with Crippen molar-refractivity contribution in [2.45, 2.75) is 26.3 Å². The van der Waals surface area contributed by atoms with Gasteiger partial charge in [-0.05, 0) is 36.2 Å². The maximum atomic E-state index is 13.2. The van der Waals surface area contributed by atoms with Crippen molar-refractivity contribution in [3.63, 3.8) is 0 Å². The number of aromatic nitrogens is 3. The molecule has 2 heterocycles. The number of nitrogens with zero attached hydrogens (tertiary/aromatic N) is 3. The first-order valence-corrected chi connectivity index (χ1v) is 8.40. The lowest BCUT2D eigenvalue weighted by Gasteiger charge is -2.09. The van der Waals surface area contributed by atoms with Gasteiger partial charge in [-0.2, -0.15) is 0 Å². The topological polar surface area (TPSA) is 43.9 Å². The van der Waals surface area contributed by atoms with Crippen molar-refractivity contribution in [3.8, 4) is 11.6 Å². The van der Waals surface area contributed by atoms with Crippen LogP contribution in [0.1, 0.15) is 24.8 Å². The van der Waals surface area contributed by atoms with Crippen molar-refractivity contribution in [2.24, 2.45) is 0 Å². The van der Waals surface area contributed by atoms with E-state index >= 15 is 0 Å². The van der Waals surface area contributed by atoms with Gasteiger partial charge in [0.25, 0.3) is 5.89 Å². The normalized spacial score (nSPS) is 11.3. The molecule has 0 unspecified atom stereocenters. The maximum Gasteiger partial charge on any atom is 0.264 e. The van der Waals surface area contributed by atoms with Crippen LogP contribution in [0.25, 0.3) is 22.5 Å². The Labute approximate surface area is 144 Å². The molecule has 2 aromatic heterocycles. The lowest BCUT2D eigenvalue weighted by atomic mass is 10.2. The first kappa shape index (κ1) is 15.6. The molecular weight excluding hydrogens is 317 g/mol. The Kier molecular flexibility index (Phi) is 4.06. The smallest absolute Gasteiger partial charge is 0.264 e. The van der Waals surface area contributed by atoms with Crippen molar-refractivity contribution < 1.29 is 8.81 Å². The second-order valence-corrected chi connectivity index (χ2v) is 6.05. The number of hydrogen-bond donors (Lipinski definition) is 0. The first-order chi connectivity index (χ1) is 12.2. The molecule has 0 aliphatic rings. The quantitative estimate of drug-likeness (QED) is 0.524. The maximum absolute atomic E-state index is 13.2. The Morgan fingerprint density at radius 3 is 2.64 bits per heavy atom. The average Bonchev–Trinajstić information content (AvgIpc) is 3.22. The Morgan fingerprint density at radius 1 is 1.04 bits per heavy atom. The Balaban J connectivity index is 1.81. The molecule has 2 aromatic carbocycles. The molecule has 5 heteroatoms. The molecule has 0 aliphatic heterocycles. The van der Waals surface area contributed by atoms with E-state index < -0.39 is 0 Å². The minimum atomic E-state index is -0.234. The van der Waals surface area contributed by atoms with E-state index in [4.69, 9.17) is 4.42 Å². The highest BCUT2D eigenvalue weighted by atomic mass is 19.1. The fourth-order valence-corrected chi connectivity index (χ4v) is 3.00. The van der Waals surface area contributed by atoms with Crippen molar-refractivity contribution in [2.75, 3.05) is 0 Å². The van der Waals surface area contributed by atoms with Gasteiger partial charge in [0, 0.05) is 23.9 Å². The summed E-state index contributed by atoms with van der Waals surface area (Å²) in [6, 6.07) is 16.7. The molecule has 126 valence electrons.